The van der Waals surface area contributed by atoms with Crippen LogP contribution in [0.4, 0.5) is 20.2 Å². The quantitative estimate of drug-likeness (QED) is 0.276. The predicted octanol–water partition coefficient (Wildman–Crippen LogP) is 6.69. The molecule has 0 bridgehead atoms. The minimum absolute atomic E-state index is 0.0681. The van der Waals surface area contributed by atoms with Crippen LogP contribution in [-0.2, 0) is 0 Å². The van der Waals surface area contributed by atoms with Crippen molar-refractivity contribution in [1.29, 1.82) is 0 Å². The van der Waals surface area contributed by atoms with Crippen molar-refractivity contribution in [3.05, 3.63) is 67.3 Å². The fourth-order valence-corrected chi connectivity index (χ4v) is 4.46. The summed E-state index contributed by atoms with van der Waals surface area (Å²) in [6.45, 7) is 8.26. The maximum atomic E-state index is 13.4. The molecule has 0 atom stereocenters. The maximum Gasteiger partial charge on any atom is 0.248 e. The predicted molar refractivity (Wildman–Crippen MR) is 134 cm³/mol. The standard InChI is InChI=1S/C26H29F2N7/c1-16(2)35-15-20(12-32-35)19-10-22-24(14-31-25(22)30-11-19)34-17(3)33-21-4-5-23(29-13-21)18-6-8-26(27,28)9-7-18/h4-5,10-16,18,33-34H,3,6-9H2,1-2H3,(H,30,31). The Balaban J connectivity index is 1.25. The lowest BCUT2D eigenvalue weighted by atomic mass is 9.84. The molecule has 35 heavy (non-hydrogen) atoms. The molecule has 1 aliphatic rings. The largest absolute Gasteiger partial charge is 0.344 e. The molecule has 5 rings (SSSR count). The zero-order valence-electron chi connectivity index (χ0n) is 19.9. The highest BCUT2D eigenvalue weighted by Crippen LogP contribution is 2.40. The van der Waals surface area contributed by atoms with Gasteiger partial charge in [0.25, 0.3) is 0 Å². The molecule has 0 aromatic carbocycles. The van der Waals surface area contributed by atoms with Crippen molar-refractivity contribution in [2.45, 2.75) is 57.4 Å². The maximum absolute atomic E-state index is 13.4. The molecule has 0 saturated heterocycles. The number of aromatic nitrogens is 5. The molecule has 182 valence electrons. The Kier molecular flexibility index (Phi) is 6.00. The van der Waals surface area contributed by atoms with Crippen molar-refractivity contribution in [2.75, 3.05) is 10.6 Å². The van der Waals surface area contributed by atoms with E-state index in [2.05, 4.69) is 57.2 Å². The summed E-state index contributed by atoms with van der Waals surface area (Å²) in [7, 11) is 0. The van der Waals surface area contributed by atoms with Crippen LogP contribution >= 0.6 is 0 Å². The lowest BCUT2D eigenvalue weighted by molar-refractivity contribution is -0.0384. The van der Waals surface area contributed by atoms with Crippen molar-refractivity contribution in [1.82, 2.24) is 24.7 Å². The van der Waals surface area contributed by atoms with Crippen molar-refractivity contribution < 1.29 is 8.78 Å². The monoisotopic (exact) mass is 477 g/mol. The number of alkyl halides is 2. The number of aromatic amines is 1. The number of hydrogen-bond donors (Lipinski definition) is 3. The Bertz CT molecular complexity index is 1330. The van der Waals surface area contributed by atoms with E-state index in [1.807, 2.05) is 41.6 Å². The summed E-state index contributed by atoms with van der Waals surface area (Å²) >= 11 is 0. The van der Waals surface area contributed by atoms with Crippen molar-refractivity contribution in [3.63, 3.8) is 0 Å². The van der Waals surface area contributed by atoms with Crippen LogP contribution in [0.25, 0.3) is 22.2 Å². The summed E-state index contributed by atoms with van der Waals surface area (Å²) in [5.74, 6) is -1.86. The number of nitrogens with one attached hydrogen (secondary N) is 3. The SMILES string of the molecule is C=C(Nc1ccc(C2CCC(F)(F)CC2)nc1)Nc1c[nH]c2ncc(-c3cnn(C(C)C)c3)cc12. The Morgan fingerprint density at radius 2 is 1.91 bits per heavy atom. The van der Waals surface area contributed by atoms with E-state index in [1.165, 1.54) is 0 Å². The summed E-state index contributed by atoms with van der Waals surface area (Å²) < 4.78 is 28.8. The van der Waals surface area contributed by atoms with Crippen LogP contribution in [0.3, 0.4) is 0 Å². The average Bonchev–Trinajstić information content (AvgIpc) is 3.47. The normalized spacial score (nSPS) is 16.0. The summed E-state index contributed by atoms with van der Waals surface area (Å²) in [5, 5.41) is 11.9. The second-order valence-corrected chi connectivity index (χ2v) is 9.46. The molecule has 1 aliphatic carbocycles. The number of H-pyrrole nitrogens is 1. The highest BCUT2D eigenvalue weighted by Gasteiger charge is 2.35. The molecular formula is C26H29F2N7. The first-order valence-corrected chi connectivity index (χ1v) is 11.9. The molecule has 0 unspecified atom stereocenters. The van der Waals surface area contributed by atoms with Gasteiger partial charge < -0.3 is 15.6 Å². The molecule has 7 nitrogen and oxygen atoms in total. The topological polar surface area (TPSA) is 83.4 Å². The summed E-state index contributed by atoms with van der Waals surface area (Å²) in [4.78, 5) is 12.2. The van der Waals surface area contributed by atoms with Gasteiger partial charge in [0.15, 0.2) is 0 Å². The fraction of sp³-hybridized carbons (Fsp3) is 0.346. The van der Waals surface area contributed by atoms with Gasteiger partial charge in [-0.05, 0) is 44.9 Å². The Morgan fingerprint density at radius 1 is 1.11 bits per heavy atom. The van der Waals surface area contributed by atoms with Gasteiger partial charge in [0, 0.05) is 65.6 Å². The molecule has 0 spiro atoms. The van der Waals surface area contributed by atoms with Crippen molar-refractivity contribution >= 4 is 22.4 Å². The molecule has 0 amide bonds. The van der Waals surface area contributed by atoms with Crippen LogP contribution in [0, 0.1) is 0 Å². The van der Waals surface area contributed by atoms with Crippen LogP contribution in [0.1, 0.15) is 57.2 Å². The molecule has 1 saturated carbocycles. The Hall–Kier alpha value is -3.75. The first-order valence-electron chi connectivity index (χ1n) is 11.9. The molecule has 9 heteroatoms. The first kappa shape index (κ1) is 23.0. The van der Waals surface area contributed by atoms with Gasteiger partial charge in [0.1, 0.15) is 11.5 Å². The number of anilines is 2. The van der Waals surface area contributed by atoms with E-state index in [0.717, 1.165) is 39.2 Å². The van der Waals surface area contributed by atoms with Gasteiger partial charge in [0.2, 0.25) is 5.92 Å². The van der Waals surface area contributed by atoms with Gasteiger partial charge in [-0.2, -0.15) is 5.10 Å². The average molecular weight is 478 g/mol. The Labute approximate surface area is 202 Å². The third-order valence-electron chi connectivity index (χ3n) is 6.50. The van der Waals surface area contributed by atoms with E-state index < -0.39 is 5.92 Å². The minimum atomic E-state index is -2.53. The molecule has 4 aromatic rings. The second-order valence-electron chi connectivity index (χ2n) is 9.46. The number of fused-ring (bicyclic) bond motifs is 1. The van der Waals surface area contributed by atoms with Crippen molar-refractivity contribution in [2.24, 2.45) is 0 Å². The van der Waals surface area contributed by atoms with Crippen molar-refractivity contribution in [3.8, 4) is 11.1 Å². The third kappa shape index (κ3) is 5.03. The smallest absolute Gasteiger partial charge is 0.248 e. The molecule has 0 aliphatic heterocycles. The molecule has 4 aromatic heterocycles. The van der Waals surface area contributed by atoms with Gasteiger partial charge in [-0.3, -0.25) is 9.67 Å². The van der Waals surface area contributed by atoms with Gasteiger partial charge in [-0.1, -0.05) is 6.58 Å². The molecule has 4 heterocycles. The zero-order valence-corrected chi connectivity index (χ0v) is 19.9. The van der Waals surface area contributed by atoms with Gasteiger partial charge in [-0.15, -0.1) is 0 Å². The number of hydrogen-bond acceptors (Lipinski definition) is 5. The molecule has 0 radical (unpaired) electrons. The molecular weight excluding hydrogens is 448 g/mol. The molecule has 3 N–H and O–H groups in total. The molecule has 1 fully saturated rings. The third-order valence-corrected chi connectivity index (χ3v) is 6.50. The first-order chi connectivity index (χ1) is 16.8. The lowest BCUT2D eigenvalue weighted by Crippen LogP contribution is -2.24. The van der Waals surface area contributed by atoms with Crippen LogP contribution in [-0.4, -0.2) is 30.7 Å². The number of nitrogens with zero attached hydrogens (tertiary/aromatic N) is 4. The van der Waals surface area contributed by atoms with E-state index in [0.29, 0.717) is 18.7 Å². The highest BCUT2D eigenvalue weighted by molar-refractivity contribution is 5.93. The summed E-state index contributed by atoms with van der Waals surface area (Å²) in [6, 6.07) is 6.17. The fourth-order valence-electron chi connectivity index (χ4n) is 4.46. The van der Waals surface area contributed by atoms with Crippen LogP contribution in [0.2, 0.25) is 0 Å². The van der Waals surface area contributed by atoms with E-state index in [1.54, 1.807) is 6.20 Å². The van der Waals surface area contributed by atoms with Gasteiger partial charge in [-0.25, -0.2) is 13.8 Å². The second kappa shape index (κ2) is 9.13. The van der Waals surface area contributed by atoms with E-state index in [9.17, 15) is 8.78 Å². The zero-order chi connectivity index (χ0) is 24.6. The Morgan fingerprint density at radius 3 is 2.60 bits per heavy atom. The van der Waals surface area contributed by atoms with E-state index in [4.69, 9.17) is 0 Å². The number of halogens is 2. The van der Waals surface area contributed by atoms with E-state index in [-0.39, 0.29) is 24.8 Å². The number of rotatable bonds is 7. The highest BCUT2D eigenvalue weighted by atomic mass is 19.3. The minimum Gasteiger partial charge on any atom is -0.344 e. The van der Waals surface area contributed by atoms with Gasteiger partial charge in [0.05, 0.1) is 23.8 Å². The van der Waals surface area contributed by atoms with Crippen LogP contribution < -0.4 is 10.6 Å². The van der Waals surface area contributed by atoms with Gasteiger partial charge >= 0.3 is 0 Å². The summed E-state index contributed by atoms with van der Waals surface area (Å²) in [5.41, 5.74) is 5.23. The van der Waals surface area contributed by atoms with E-state index >= 15 is 0 Å². The lowest BCUT2D eigenvalue weighted by Gasteiger charge is -2.27. The number of pyridine rings is 2. The summed E-state index contributed by atoms with van der Waals surface area (Å²) in [6.07, 6.45) is 10.1. The van der Waals surface area contributed by atoms with Crippen LogP contribution in [0.5, 0.6) is 0 Å². The van der Waals surface area contributed by atoms with Crippen LogP contribution in [0.15, 0.2) is 61.6 Å².